The second-order valence-electron chi connectivity index (χ2n) is 6.73. The third-order valence-electron chi connectivity index (χ3n) is 4.49. The predicted octanol–water partition coefficient (Wildman–Crippen LogP) is 2.91. The lowest BCUT2D eigenvalue weighted by Gasteiger charge is -2.41. The third-order valence-corrected chi connectivity index (χ3v) is 5.14. The van der Waals surface area contributed by atoms with Crippen molar-refractivity contribution in [2.45, 2.75) is 39.1 Å². The molecule has 144 valence electrons. The molecule has 0 saturated heterocycles. The molecule has 1 aromatic carbocycles. The highest BCUT2D eigenvalue weighted by atomic mass is 32.2. The van der Waals surface area contributed by atoms with Gasteiger partial charge in [0, 0.05) is 18.3 Å². The van der Waals surface area contributed by atoms with Gasteiger partial charge in [0.05, 0.1) is 0 Å². The van der Waals surface area contributed by atoms with Crippen LogP contribution >= 0.6 is 11.8 Å². The predicted molar refractivity (Wildman–Crippen MR) is 109 cm³/mol. The first kappa shape index (κ1) is 19.4. The molecule has 27 heavy (non-hydrogen) atoms. The van der Waals surface area contributed by atoms with Crippen molar-refractivity contribution in [3.05, 3.63) is 64.1 Å². The van der Waals surface area contributed by atoms with Gasteiger partial charge in [0.1, 0.15) is 12.8 Å². The van der Waals surface area contributed by atoms with Crippen LogP contribution in [-0.4, -0.2) is 39.7 Å². The maximum Gasteiger partial charge on any atom is 0.278 e. The number of amides is 1. The van der Waals surface area contributed by atoms with Gasteiger partial charge in [-0.05, 0) is 37.8 Å². The minimum atomic E-state index is -0.293. The molecule has 0 bridgehead atoms. The molecule has 7 heteroatoms. The van der Waals surface area contributed by atoms with E-state index in [0.717, 1.165) is 17.7 Å². The fourth-order valence-electron chi connectivity index (χ4n) is 3.21. The van der Waals surface area contributed by atoms with Gasteiger partial charge in [0.2, 0.25) is 5.43 Å². The molecule has 3 rings (SSSR count). The van der Waals surface area contributed by atoms with Crippen LogP contribution in [0, 0.1) is 0 Å². The van der Waals surface area contributed by atoms with E-state index in [0.29, 0.717) is 0 Å². The van der Waals surface area contributed by atoms with E-state index in [1.807, 2.05) is 50.4 Å². The lowest BCUT2D eigenvalue weighted by atomic mass is 10.1. The Morgan fingerprint density at radius 1 is 1.19 bits per heavy atom. The summed E-state index contributed by atoms with van der Waals surface area (Å²) in [6.07, 6.45) is 4.35. The monoisotopic (exact) mass is 387 g/mol. The number of thioether (sulfide) groups is 1. The number of pyridine rings is 1. The summed E-state index contributed by atoms with van der Waals surface area (Å²) >= 11 is 1.74. The molecule has 1 aliphatic rings. The molecule has 1 aliphatic heterocycles. The highest BCUT2D eigenvalue weighted by molar-refractivity contribution is 7.98. The highest BCUT2D eigenvalue weighted by Gasteiger charge is 2.36. The molecular weight excluding hydrogens is 362 g/mol. The lowest BCUT2D eigenvalue weighted by molar-refractivity contribution is 0.0555. The van der Waals surface area contributed by atoms with E-state index >= 15 is 0 Å². The van der Waals surface area contributed by atoms with Crippen molar-refractivity contribution in [3.8, 4) is 5.75 Å². The number of benzene rings is 1. The van der Waals surface area contributed by atoms with Crippen LogP contribution in [0.3, 0.4) is 0 Å². The van der Waals surface area contributed by atoms with Crippen LogP contribution in [0.1, 0.15) is 36.3 Å². The fraction of sp³-hybridized carbons (Fsp3) is 0.400. The molecule has 6 nitrogen and oxygen atoms in total. The first-order chi connectivity index (χ1) is 13.0. The first-order valence-corrected chi connectivity index (χ1v) is 10.4. The zero-order valence-corrected chi connectivity index (χ0v) is 16.7. The summed E-state index contributed by atoms with van der Waals surface area (Å²) in [5, 5.41) is 0. The molecule has 2 aromatic rings. The van der Waals surface area contributed by atoms with E-state index in [1.165, 1.54) is 6.07 Å². The topological polar surface area (TPSA) is 63.6 Å². The van der Waals surface area contributed by atoms with Gasteiger partial charge < -0.3 is 15.1 Å². The summed E-state index contributed by atoms with van der Waals surface area (Å²) in [6.45, 7) is 4.19. The van der Waals surface area contributed by atoms with Crippen LogP contribution in [0.2, 0.25) is 0 Å². The molecule has 0 radical (unpaired) electrons. The smallest absolute Gasteiger partial charge is 0.278 e. The van der Waals surface area contributed by atoms with Crippen molar-refractivity contribution in [2.75, 3.05) is 17.4 Å². The molecule has 1 aromatic heterocycles. The molecular formula is C20H25N3O3S. The number of hydrogen-bond acceptors (Lipinski definition) is 5. The van der Waals surface area contributed by atoms with E-state index in [-0.39, 0.29) is 41.6 Å². The third kappa shape index (κ3) is 4.13. The summed E-state index contributed by atoms with van der Waals surface area (Å²) in [5.74, 6) is 0.838. The number of carbonyl (C=O) groups is 1. The molecule has 1 N–H and O–H groups in total. The molecule has 0 saturated carbocycles. The number of aromatic nitrogens is 1. The summed E-state index contributed by atoms with van der Waals surface area (Å²) in [6, 6.07) is 11.0. The molecule has 1 atom stereocenters. The Morgan fingerprint density at radius 2 is 1.93 bits per heavy atom. The van der Waals surface area contributed by atoms with Crippen molar-refractivity contribution in [3.63, 3.8) is 0 Å². The van der Waals surface area contributed by atoms with Crippen LogP contribution in [-0.2, 0) is 6.61 Å². The number of fused-ring (bicyclic) bond motifs is 1. The van der Waals surface area contributed by atoms with E-state index in [2.05, 4.69) is 5.43 Å². The molecule has 2 heterocycles. The number of ether oxygens (including phenoxy) is 1. The quantitative estimate of drug-likeness (QED) is 0.791. The average molecular weight is 388 g/mol. The summed E-state index contributed by atoms with van der Waals surface area (Å²) in [4.78, 5) is 27.5. The van der Waals surface area contributed by atoms with Crippen molar-refractivity contribution in [2.24, 2.45) is 0 Å². The van der Waals surface area contributed by atoms with Gasteiger partial charge in [0.25, 0.3) is 5.91 Å². The second-order valence-corrected chi connectivity index (χ2v) is 7.72. The lowest BCUT2D eigenvalue weighted by Crippen LogP contribution is -2.56. The number of hydrogen-bond donors (Lipinski definition) is 1. The summed E-state index contributed by atoms with van der Waals surface area (Å²) in [7, 11) is 0. The Morgan fingerprint density at radius 3 is 2.59 bits per heavy atom. The van der Waals surface area contributed by atoms with Crippen molar-refractivity contribution in [1.29, 1.82) is 0 Å². The van der Waals surface area contributed by atoms with Gasteiger partial charge >= 0.3 is 0 Å². The van der Waals surface area contributed by atoms with Gasteiger partial charge in [-0.1, -0.05) is 30.3 Å². The van der Waals surface area contributed by atoms with E-state index < -0.39 is 0 Å². The summed E-state index contributed by atoms with van der Waals surface area (Å²) in [5.41, 5.74) is 4.25. The van der Waals surface area contributed by atoms with Gasteiger partial charge in [0.15, 0.2) is 11.4 Å². The van der Waals surface area contributed by atoms with Crippen LogP contribution in [0.4, 0.5) is 0 Å². The van der Waals surface area contributed by atoms with E-state index in [9.17, 15) is 9.59 Å². The zero-order valence-electron chi connectivity index (χ0n) is 15.8. The van der Waals surface area contributed by atoms with Gasteiger partial charge in [-0.2, -0.15) is 11.8 Å². The summed E-state index contributed by atoms with van der Waals surface area (Å²) < 4.78 is 7.44. The fourth-order valence-corrected chi connectivity index (χ4v) is 3.67. The van der Waals surface area contributed by atoms with Crippen LogP contribution < -0.4 is 15.6 Å². The largest absolute Gasteiger partial charge is 0.482 e. The number of nitrogens with one attached hydrogen (secondary N) is 1. The molecule has 0 spiro atoms. The Bertz CT molecular complexity index is 851. The minimum absolute atomic E-state index is 0.00267. The number of carbonyl (C=O) groups excluding carboxylic acids is 1. The van der Waals surface area contributed by atoms with Crippen LogP contribution in [0.25, 0.3) is 0 Å². The van der Waals surface area contributed by atoms with E-state index in [1.54, 1.807) is 27.5 Å². The van der Waals surface area contributed by atoms with Crippen LogP contribution in [0.15, 0.2) is 47.4 Å². The second kappa shape index (κ2) is 8.52. The Balaban J connectivity index is 1.94. The Kier molecular flexibility index (Phi) is 6.11. The number of nitrogens with zero attached hydrogens (tertiary/aromatic N) is 2. The van der Waals surface area contributed by atoms with Crippen molar-refractivity contribution in [1.82, 2.24) is 9.58 Å². The average Bonchev–Trinajstić information content (AvgIpc) is 2.66. The van der Waals surface area contributed by atoms with Crippen molar-refractivity contribution < 1.29 is 9.53 Å². The molecule has 0 aliphatic carbocycles. The van der Waals surface area contributed by atoms with Crippen LogP contribution in [0.5, 0.6) is 5.75 Å². The van der Waals surface area contributed by atoms with Gasteiger partial charge in [-0.15, -0.1) is 0 Å². The van der Waals surface area contributed by atoms with Gasteiger partial charge in [-0.3, -0.25) is 14.3 Å². The number of rotatable bonds is 7. The highest BCUT2D eigenvalue weighted by Crippen LogP contribution is 2.25. The van der Waals surface area contributed by atoms with Crippen molar-refractivity contribution >= 4 is 17.7 Å². The SMILES string of the molecule is CSCCC1Nn2ccc(=O)c(OCc3ccccc3)c2C(=O)N1C(C)C. The first-order valence-electron chi connectivity index (χ1n) is 9.03. The maximum atomic E-state index is 13.3. The normalized spacial score (nSPS) is 16.2. The Labute approximate surface area is 163 Å². The Hall–Kier alpha value is -2.41. The standard InChI is InChI=1S/C20H25N3O3S/c1-14(2)23-17(10-12-27-3)21-22-11-9-16(24)19(18(22)20(23)25)26-13-15-7-5-4-6-8-15/h4-9,11,14,17,21H,10,12-13H2,1-3H3. The van der Waals surface area contributed by atoms with Gasteiger partial charge in [-0.25, -0.2) is 0 Å². The molecule has 1 unspecified atom stereocenters. The molecule has 1 amide bonds. The zero-order chi connectivity index (χ0) is 19.4. The molecule has 0 fully saturated rings. The van der Waals surface area contributed by atoms with E-state index in [4.69, 9.17) is 4.74 Å². The maximum absolute atomic E-state index is 13.3. The minimum Gasteiger partial charge on any atom is -0.482 e.